The second-order valence-corrected chi connectivity index (χ2v) is 10.7. The van der Waals surface area contributed by atoms with E-state index in [0.717, 1.165) is 43.1 Å². The highest BCUT2D eigenvalue weighted by molar-refractivity contribution is 5.36. The second-order valence-electron chi connectivity index (χ2n) is 10.7. The average Bonchev–Trinajstić information content (AvgIpc) is 3.21. The molecule has 4 fully saturated rings. The summed E-state index contributed by atoms with van der Waals surface area (Å²) in [7, 11) is 0. The maximum atomic E-state index is 10.4. The third-order valence-electron chi connectivity index (χ3n) is 8.54. The SMILES string of the molecule is OCc1cc(C(O)CNCCc2ccc(OCCC34CC5CC(CC3C5)C4)cc2)ccc1O. The fourth-order valence-electron chi connectivity index (χ4n) is 7.03. The van der Waals surface area contributed by atoms with Crippen LogP contribution < -0.4 is 10.1 Å². The second kappa shape index (κ2) is 9.65. The van der Waals surface area contributed by atoms with Crippen LogP contribution in [0.2, 0.25) is 0 Å². The highest BCUT2D eigenvalue weighted by Crippen LogP contribution is 2.66. The molecule has 0 heterocycles. The Hall–Kier alpha value is -2.08. The van der Waals surface area contributed by atoms with E-state index >= 15 is 0 Å². The lowest BCUT2D eigenvalue weighted by molar-refractivity contribution is 0.147. The molecule has 0 amide bonds. The van der Waals surface area contributed by atoms with Crippen LogP contribution in [0.5, 0.6) is 11.5 Å². The van der Waals surface area contributed by atoms with E-state index in [0.29, 0.717) is 23.1 Å². The molecule has 0 aliphatic heterocycles. The van der Waals surface area contributed by atoms with Crippen LogP contribution in [0.25, 0.3) is 0 Å². The minimum Gasteiger partial charge on any atom is -0.508 e. The van der Waals surface area contributed by atoms with Gasteiger partial charge in [0.1, 0.15) is 11.5 Å². The molecular weight excluding hydrogens is 414 g/mol. The molecule has 6 rings (SSSR count). The molecule has 4 N–H and O–H groups in total. The molecule has 178 valence electrons. The van der Waals surface area contributed by atoms with Crippen molar-refractivity contribution in [3.63, 3.8) is 0 Å². The van der Waals surface area contributed by atoms with Crippen molar-refractivity contribution in [3.8, 4) is 11.5 Å². The molecule has 0 spiro atoms. The first kappa shape index (κ1) is 22.7. The maximum Gasteiger partial charge on any atom is 0.121 e. The smallest absolute Gasteiger partial charge is 0.121 e. The first-order valence-corrected chi connectivity index (χ1v) is 12.6. The first-order chi connectivity index (χ1) is 16.0. The number of aliphatic hydroxyl groups excluding tert-OH is 2. The quantitative estimate of drug-likeness (QED) is 0.382. The Balaban J connectivity index is 1.02. The molecular formula is C28H37NO4. The van der Waals surface area contributed by atoms with E-state index < -0.39 is 6.10 Å². The van der Waals surface area contributed by atoms with Crippen molar-refractivity contribution in [1.82, 2.24) is 5.32 Å². The summed E-state index contributed by atoms with van der Waals surface area (Å²) < 4.78 is 6.13. The van der Waals surface area contributed by atoms with Gasteiger partial charge >= 0.3 is 0 Å². The molecule has 2 aromatic rings. The molecule has 2 aromatic carbocycles. The van der Waals surface area contributed by atoms with Crippen LogP contribution in [0.4, 0.5) is 0 Å². The monoisotopic (exact) mass is 451 g/mol. The zero-order valence-electron chi connectivity index (χ0n) is 19.4. The van der Waals surface area contributed by atoms with Crippen LogP contribution in [0, 0.1) is 23.2 Å². The Morgan fingerprint density at radius 1 is 1.03 bits per heavy atom. The molecule has 4 bridgehead atoms. The number of aromatic hydroxyl groups is 1. The van der Waals surface area contributed by atoms with Gasteiger partial charge in [-0.15, -0.1) is 0 Å². The molecule has 5 nitrogen and oxygen atoms in total. The summed E-state index contributed by atoms with van der Waals surface area (Å²) in [4.78, 5) is 0. The van der Waals surface area contributed by atoms with E-state index in [2.05, 4.69) is 29.6 Å². The molecule has 0 saturated heterocycles. The highest BCUT2D eigenvalue weighted by Gasteiger charge is 2.57. The molecule has 33 heavy (non-hydrogen) atoms. The van der Waals surface area contributed by atoms with E-state index in [1.165, 1.54) is 50.2 Å². The normalized spacial score (nSPS) is 28.4. The van der Waals surface area contributed by atoms with Gasteiger partial charge in [0.25, 0.3) is 0 Å². The number of aliphatic hydroxyl groups is 2. The van der Waals surface area contributed by atoms with E-state index in [4.69, 9.17) is 4.74 Å². The van der Waals surface area contributed by atoms with Crippen molar-refractivity contribution in [2.24, 2.45) is 23.2 Å². The third-order valence-corrected chi connectivity index (χ3v) is 8.54. The predicted molar refractivity (Wildman–Crippen MR) is 128 cm³/mol. The number of hydrogen-bond donors (Lipinski definition) is 4. The van der Waals surface area contributed by atoms with E-state index in [-0.39, 0.29) is 12.4 Å². The molecule has 3 unspecified atom stereocenters. The van der Waals surface area contributed by atoms with Gasteiger partial charge < -0.3 is 25.4 Å². The number of hydrogen-bond acceptors (Lipinski definition) is 5. The summed E-state index contributed by atoms with van der Waals surface area (Å²) >= 11 is 0. The Morgan fingerprint density at radius 3 is 2.52 bits per heavy atom. The number of rotatable bonds is 11. The summed E-state index contributed by atoms with van der Waals surface area (Å²) in [6.45, 7) is 1.77. The lowest BCUT2D eigenvalue weighted by atomic mass is 9.74. The Labute approximate surface area is 196 Å². The molecule has 0 radical (unpaired) electrons. The van der Waals surface area contributed by atoms with E-state index in [1.54, 1.807) is 12.1 Å². The van der Waals surface area contributed by atoms with Crippen molar-refractivity contribution in [1.29, 1.82) is 0 Å². The first-order valence-electron chi connectivity index (χ1n) is 12.6. The van der Waals surface area contributed by atoms with E-state index in [1.807, 2.05) is 0 Å². The predicted octanol–water partition coefficient (Wildman–Crippen LogP) is 4.35. The molecule has 3 atom stereocenters. The van der Waals surface area contributed by atoms with Crippen LogP contribution in [-0.2, 0) is 13.0 Å². The lowest BCUT2D eigenvalue weighted by Crippen LogP contribution is -2.25. The van der Waals surface area contributed by atoms with Gasteiger partial charge in [0.05, 0.1) is 19.3 Å². The van der Waals surface area contributed by atoms with Crippen LogP contribution in [0.15, 0.2) is 42.5 Å². The minimum absolute atomic E-state index is 0.0474. The third kappa shape index (κ3) is 4.91. The Kier molecular flexibility index (Phi) is 6.64. The van der Waals surface area contributed by atoms with Crippen molar-refractivity contribution >= 4 is 0 Å². The van der Waals surface area contributed by atoms with Gasteiger partial charge in [0.15, 0.2) is 0 Å². The van der Waals surface area contributed by atoms with Gasteiger partial charge in [-0.1, -0.05) is 18.2 Å². The number of ether oxygens (including phenoxy) is 1. The maximum absolute atomic E-state index is 10.4. The van der Waals surface area contributed by atoms with E-state index in [9.17, 15) is 15.3 Å². The fraction of sp³-hybridized carbons (Fsp3) is 0.571. The van der Waals surface area contributed by atoms with Crippen molar-refractivity contribution < 1.29 is 20.1 Å². The molecule has 4 aliphatic carbocycles. The number of nitrogens with one attached hydrogen (secondary N) is 1. The topological polar surface area (TPSA) is 82.0 Å². The number of benzene rings is 2. The molecule has 4 saturated carbocycles. The fourth-order valence-corrected chi connectivity index (χ4v) is 7.03. The zero-order valence-corrected chi connectivity index (χ0v) is 19.4. The van der Waals surface area contributed by atoms with Crippen LogP contribution in [0.3, 0.4) is 0 Å². The summed E-state index contributed by atoms with van der Waals surface area (Å²) in [5.74, 6) is 4.00. The van der Waals surface area contributed by atoms with Crippen LogP contribution in [-0.4, -0.2) is 35.0 Å². The van der Waals surface area contributed by atoms with Gasteiger partial charge in [-0.3, -0.25) is 0 Å². The summed E-state index contributed by atoms with van der Waals surface area (Å²) in [5, 5.41) is 32.6. The summed E-state index contributed by atoms with van der Waals surface area (Å²) in [6, 6.07) is 13.2. The lowest BCUT2D eigenvalue weighted by Gasteiger charge is -2.32. The Bertz CT molecular complexity index is 929. The Morgan fingerprint density at radius 2 is 1.79 bits per heavy atom. The average molecular weight is 452 g/mol. The largest absolute Gasteiger partial charge is 0.508 e. The van der Waals surface area contributed by atoms with Crippen molar-refractivity contribution in [3.05, 3.63) is 59.2 Å². The number of phenols is 1. The van der Waals surface area contributed by atoms with Gasteiger partial charge in [0, 0.05) is 12.1 Å². The van der Waals surface area contributed by atoms with Crippen LogP contribution >= 0.6 is 0 Å². The summed E-state index contributed by atoms with van der Waals surface area (Å²) in [6.07, 6.45) is 8.77. The molecule has 0 aromatic heterocycles. The van der Waals surface area contributed by atoms with Gasteiger partial charge in [0.2, 0.25) is 0 Å². The zero-order chi connectivity index (χ0) is 22.8. The summed E-state index contributed by atoms with van der Waals surface area (Å²) in [5.41, 5.74) is 2.95. The van der Waals surface area contributed by atoms with Crippen LogP contribution in [0.1, 0.15) is 61.3 Å². The van der Waals surface area contributed by atoms with Crippen molar-refractivity contribution in [2.45, 2.75) is 57.7 Å². The standard InChI is InChI=1S/C28H37NO4/c30-18-23-14-22(3-6-26(23)31)27(32)17-29-9-7-19-1-4-25(5-2-19)33-10-8-28-15-20-11-21(16-28)13-24(28)12-20/h1-6,14,20-21,24,27,29-32H,7-13,15-18H2. The molecule has 5 heteroatoms. The molecule has 4 aliphatic rings. The van der Waals surface area contributed by atoms with Gasteiger partial charge in [-0.05, 0) is 110 Å². The van der Waals surface area contributed by atoms with Crippen molar-refractivity contribution in [2.75, 3.05) is 19.7 Å². The highest BCUT2D eigenvalue weighted by atomic mass is 16.5. The minimum atomic E-state index is -0.684. The van der Waals surface area contributed by atoms with Gasteiger partial charge in [-0.2, -0.15) is 0 Å². The van der Waals surface area contributed by atoms with Gasteiger partial charge in [-0.25, -0.2) is 0 Å².